The molecule has 0 aromatic heterocycles. The van der Waals surface area contributed by atoms with Crippen LogP contribution in [0.1, 0.15) is 13.3 Å². The summed E-state index contributed by atoms with van der Waals surface area (Å²) in [6.07, 6.45) is 0.364. The van der Waals surface area contributed by atoms with Crippen molar-refractivity contribution >= 4 is 29.4 Å². The van der Waals surface area contributed by atoms with Gasteiger partial charge in [0.2, 0.25) is 0 Å². The van der Waals surface area contributed by atoms with Crippen molar-refractivity contribution in [2.24, 2.45) is 5.41 Å². The smallest absolute Gasteiger partial charge is 0.321 e. The summed E-state index contributed by atoms with van der Waals surface area (Å²) in [7, 11) is 0. The minimum atomic E-state index is -2.58. The van der Waals surface area contributed by atoms with Crippen molar-refractivity contribution in [3.63, 3.8) is 0 Å². The third-order valence-corrected chi connectivity index (χ3v) is 4.41. The van der Waals surface area contributed by atoms with E-state index in [1.54, 1.807) is 19.1 Å². The van der Waals surface area contributed by atoms with E-state index in [-0.39, 0.29) is 11.4 Å². The van der Waals surface area contributed by atoms with Crippen molar-refractivity contribution in [1.82, 2.24) is 4.90 Å². The van der Waals surface area contributed by atoms with E-state index in [4.69, 9.17) is 5.11 Å². The molecule has 1 saturated heterocycles. The molecule has 1 aromatic carbocycles. The number of carbonyl (C=O) groups is 2. The van der Waals surface area contributed by atoms with E-state index < -0.39 is 23.2 Å². The Morgan fingerprint density at radius 1 is 1.41 bits per heavy atom. The fourth-order valence-electron chi connectivity index (χ4n) is 2.27. The van der Waals surface area contributed by atoms with Gasteiger partial charge < -0.3 is 15.3 Å². The fraction of sp³-hybridized carbons (Fsp3) is 0.429. The molecule has 1 aliphatic rings. The highest BCUT2D eigenvalue weighted by atomic mass is 32.2. The largest absolute Gasteiger partial charge is 0.481 e. The molecule has 2 rings (SSSR count). The standard InChI is InChI=1S/C14H16F2N2O3S/c1-14(11(19)20)6-7-18(8-14)13(21)17-9-4-2-3-5-10(9)22-12(15)16/h2-5,12H,6-8H2,1H3,(H,17,21)(H,19,20). The number of aliphatic carboxylic acids is 1. The Bertz CT molecular complexity index is 585. The third-order valence-electron chi connectivity index (χ3n) is 3.62. The number of benzene rings is 1. The Morgan fingerprint density at radius 2 is 2.09 bits per heavy atom. The predicted octanol–water partition coefficient (Wildman–Crippen LogP) is 3.33. The molecule has 2 amide bonds. The zero-order chi connectivity index (χ0) is 16.3. The highest BCUT2D eigenvalue weighted by Crippen LogP contribution is 2.33. The summed E-state index contributed by atoms with van der Waals surface area (Å²) in [5.74, 6) is -3.53. The van der Waals surface area contributed by atoms with E-state index in [1.807, 2.05) is 0 Å². The number of hydrogen-bond acceptors (Lipinski definition) is 3. The molecule has 1 unspecified atom stereocenters. The lowest BCUT2D eigenvalue weighted by Gasteiger charge is -2.21. The number of nitrogens with one attached hydrogen (secondary N) is 1. The van der Waals surface area contributed by atoms with Crippen molar-refractivity contribution in [3.8, 4) is 0 Å². The minimum absolute atomic E-state index is 0.0956. The summed E-state index contributed by atoms with van der Waals surface area (Å²) in [6, 6.07) is 5.80. The number of thioether (sulfide) groups is 1. The molecule has 0 bridgehead atoms. The number of para-hydroxylation sites is 1. The molecule has 22 heavy (non-hydrogen) atoms. The van der Waals surface area contributed by atoms with Gasteiger partial charge in [-0.15, -0.1) is 0 Å². The summed E-state index contributed by atoms with van der Waals surface area (Å²) < 4.78 is 25.0. The van der Waals surface area contributed by atoms with Crippen LogP contribution in [0.25, 0.3) is 0 Å². The lowest BCUT2D eigenvalue weighted by Crippen LogP contribution is -2.37. The van der Waals surface area contributed by atoms with Crippen LogP contribution in [0.5, 0.6) is 0 Å². The quantitative estimate of drug-likeness (QED) is 0.831. The maximum absolute atomic E-state index is 12.5. The lowest BCUT2D eigenvalue weighted by molar-refractivity contribution is -0.146. The predicted molar refractivity (Wildman–Crippen MR) is 79.3 cm³/mol. The van der Waals surface area contributed by atoms with Crippen molar-refractivity contribution in [2.45, 2.75) is 24.0 Å². The molecule has 1 aromatic rings. The zero-order valence-corrected chi connectivity index (χ0v) is 12.7. The van der Waals surface area contributed by atoms with Crippen LogP contribution in [-0.2, 0) is 4.79 Å². The Balaban J connectivity index is 2.06. The molecule has 0 radical (unpaired) electrons. The first-order valence-corrected chi connectivity index (χ1v) is 7.53. The van der Waals surface area contributed by atoms with Crippen molar-refractivity contribution in [3.05, 3.63) is 24.3 Å². The number of urea groups is 1. The Morgan fingerprint density at radius 3 is 2.68 bits per heavy atom. The molecular weight excluding hydrogens is 314 g/mol. The van der Waals surface area contributed by atoms with Gasteiger partial charge in [0.1, 0.15) is 0 Å². The maximum Gasteiger partial charge on any atom is 0.321 e. The summed E-state index contributed by atoms with van der Waals surface area (Å²) >= 11 is 0.354. The van der Waals surface area contributed by atoms with Crippen LogP contribution in [0, 0.1) is 5.41 Å². The third kappa shape index (κ3) is 3.68. The molecule has 5 nitrogen and oxygen atoms in total. The highest BCUT2D eigenvalue weighted by molar-refractivity contribution is 7.99. The van der Waals surface area contributed by atoms with Gasteiger partial charge in [0.25, 0.3) is 5.76 Å². The maximum atomic E-state index is 12.5. The van der Waals surface area contributed by atoms with Crippen LogP contribution in [-0.4, -0.2) is 40.9 Å². The molecule has 1 aliphatic heterocycles. The molecule has 1 atom stereocenters. The average molecular weight is 330 g/mol. The van der Waals surface area contributed by atoms with E-state index in [2.05, 4.69) is 5.32 Å². The second-order valence-electron chi connectivity index (χ2n) is 5.34. The molecule has 2 N–H and O–H groups in total. The van der Waals surface area contributed by atoms with Crippen LogP contribution < -0.4 is 5.32 Å². The molecule has 0 spiro atoms. The van der Waals surface area contributed by atoms with E-state index in [0.717, 1.165) is 0 Å². The van der Waals surface area contributed by atoms with Crippen molar-refractivity contribution in [2.75, 3.05) is 18.4 Å². The second-order valence-corrected chi connectivity index (χ2v) is 6.37. The summed E-state index contributed by atoms with van der Waals surface area (Å²) in [4.78, 5) is 25.0. The average Bonchev–Trinajstić information content (AvgIpc) is 2.85. The van der Waals surface area contributed by atoms with Crippen LogP contribution in [0.3, 0.4) is 0 Å². The molecular formula is C14H16F2N2O3S. The first-order chi connectivity index (χ1) is 10.3. The molecule has 8 heteroatoms. The first kappa shape index (κ1) is 16.5. The number of carboxylic acid groups (broad SMARTS) is 1. The number of hydrogen-bond donors (Lipinski definition) is 2. The van der Waals surface area contributed by atoms with Gasteiger partial charge in [0.05, 0.1) is 11.1 Å². The molecule has 0 saturated carbocycles. The van der Waals surface area contributed by atoms with E-state index >= 15 is 0 Å². The van der Waals surface area contributed by atoms with E-state index in [9.17, 15) is 18.4 Å². The van der Waals surface area contributed by atoms with Gasteiger partial charge >= 0.3 is 12.0 Å². The number of rotatable bonds is 4. The van der Waals surface area contributed by atoms with Gasteiger partial charge in [-0.05, 0) is 25.5 Å². The number of anilines is 1. The van der Waals surface area contributed by atoms with Gasteiger partial charge in [-0.2, -0.15) is 8.78 Å². The summed E-state index contributed by atoms with van der Waals surface area (Å²) in [5.41, 5.74) is -0.670. The van der Waals surface area contributed by atoms with Gasteiger partial charge in [-0.25, -0.2) is 4.79 Å². The Hall–Kier alpha value is -1.83. The number of nitrogens with zero attached hydrogens (tertiary/aromatic N) is 1. The van der Waals surface area contributed by atoms with Crippen molar-refractivity contribution < 1.29 is 23.5 Å². The second kappa shape index (κ2) is 6.51. The number of amides is 2. The van der Waals surface area contributed by atoms with Crippen LogP contribution >= 0.6 is 11.8 Å². The number of halogens is 2. The minimum Gasteiger partial charge on any atom is -0.481 e. The van der Waals surface area contributed by atoms with Gasteiger partial charge in [-0.3, -0.25) is 4.79 Å². The first-order valence-electron chi connectivity index (χ1n) is 6.65. The monoisotopic (exact) mass is 330 g/mol. The Labute approximate surface area is 130 Å². The van der Waals surface area contributed by atoms with Crippen LogP contribution in [0.2, 0.25) is 0 Å². The molecule has 1 heterocycles. The highest BCUT2D eigenvalue weighted by Gasteiger charge is 2.42. The van der Waals surface area contributed by atoms with E-state index in [0.29, 0.717) is 30.4 Å². The molecule has 1 fully saturated rings. The van der Waals surface area contributed by atoms with Gasteiger partial charge in [0, 0.05) is 18.0 Å². The number of likely N-dealkylation sites (tertiary alicyclic amines) is 1. The summed E-state index contributed by atoms with van der Waals surface area (Å²) in [5, 5.41) is 11.7. The molecule has 0 aliphatic carbocycles. The molecule has 120 valence electrons. The number of carboxylic acids is 1. The lowest BCUT2D eigenvalue weighted by atomic mass is 9.90. The van der Waals surface area contributed by atoms with Crippen molar-refractivity contribution in [1.29, 1.82) is 0 Å². The number of carbonyl (C=O) groups excluding carboxylic acids is 1. The van der Waals surface area contributed by atoms with Crippen LogP contribution in [0.4, 0.5) is 19.3 Å². The number of alkyl halides is 2. The normalized spacial score (nSPS) is 21.2. The van der Waals surface area contributed by atoms with Gasteiger partial charge in [0.15, 0.2) is 0 Å². The fourth-order valence-corrected chi connectivity index (χ4v) is 2.87. The Kier molecular flexibility index (Phi) is 4.90. The zero-order valence-electron chi connectivity index (χ0n) is 11.9. The summed E-state index contributed by atoms with van der Waals surface area (Å²) in [6.45, 7) is 2.00. The topological polar surface area (TPSA) is 69.6 Å². The van der Waals surface area contributed by atoms with Gasteiger partial charge in [-0.1, -0.05) is 23.9 Å². The SMILES string of the molecule is CC1(C(=O)O)CCN(C(=O)Nc2ccccc2SC(F)F)C1. The van der Waals surface area contributed by atoms with Crippen LogP contribution in [0.15, 0.2) is 29.2 Å². The van der Waals surface area contributed by atoms with E-state index in [1.165, 1.54) is 17.0 Å².